The number of carbonyl (C=O) groups is 1. The van der Waals surface area contributed by atoms with Gasteiger partial charge in [0.15, 0.2) is 5.78 Å². The molecule has 2 heterocycles. The lowest BCUT2D eigenvalue weighted by molar-refractivity contribution is 0.104. The Balaban J connectivity index is 2.15. The Morgan fingerprint density at radius 3 is 2.78 bits per heavy atom. The fourth-order valence-electron chi connectivity index (χ4n) is 1.91. The lowest BCUT2D eigenvalue weighted by atomic mass is 10.0. The number of benzene rings is 1. The standard InChI is InChI=1S/C14H9ClN2O/c15-10-6-11-12(8-17-14(11)16-7-10)13(18)9-4-2-1-3-5-9/h1-8H,(H,16,17). The molecule has 0 fully saturated rings. The summed E-state index contributed by atoms with van der Waals surface area (Å²) in [6, 6.07) is 10.9. The quantitative estimate of drug-likeness (QED) is 0.714. The highest BCUT2D eigenvalue weighted by Gasteiger charge is 2.14. The maximum Gasteiger partial charge on any atom is 0.195 e. The number of rotatable bonds is 2. The number of aromatic amines is 1. The Hall–Kier alpha value is -2.13. The number of aromatic nitrogens is 2. The molecule has 0 spiro atoms. The number of halogens is 1. The van der Waals surface area contributed by atoms with Crippen LogP contribution >= 0.6 is 11.6 Å². The van der Waals surface area contributed by atoms with Crippen molar-refractivity contribution >= 4 is 28.4 Å². The maximum atomic E-state index is 12.3. The minimum atomic E-state index is -0.0362. The summed E-state index contributed by atoms with van der Waals surface area (Å²) in [6.07, 6.45) is 3.22. The van der Waals surface area contributed by atoms with Gasteiger partial charge >= 0.3 is 0 Å². The second-order valence-electron chi connectivity index (χ2n) is 3.95. The van der Waals surface area contributed by atoms with Crippen LogP contribution in [-0.2, 0) is 0 Å². The highest BCUT2D eigenvalue weighted by molar-refractivity contribution is 6.31. The van der Waals surface area contributed by atoms with Gasteiger partial charge in [-0.25, -0.2) is 4.98 Å². The van der Waals surface area contributed by atoms with E-state index in [-0.39, 0.29) is 5.78 Å². The van der Waals surface area contributed by atoms with E-state index in [0.29, 0.717) is 21.8 Å². The first-order valence-electron chi connectivity index (χ1n) is 5.48. The van der Waals surface area contributed by atoms with Gasteiger partial charge in [-0.3, -0.25) is 4.79 Å². The zero-order valence-electron chi connectivity index (χ0n) is 9.35. The third kappa shape index (κ3) is 1.79. The summed E-state index contributed by atoms with van der Waals surface area (Å²) in [6.45, 7) is 0. The third-order valence-corrected chi connectivity index (χ3v) is 2.99. The van der Waals surface area contributed by atoms with Crippen molar-refractivity contribution in [2.24, 2.45) is 0 Å². The summed E-state index contributed by atoms with van der Waals surface area (Å²) in [4.78, 5) is 19.5. The average Bonchev–Trinajstić information content (AvgIpc) is 2.82. The molecule has 0 radical (unpaired) electrons. The number of nitrogens with one attached hydrogen (secondary N) is 1. The second-order valence-corrected chi connectivity index (χ2v) is 4.38. The predicted octanol–water partition coefficient (Wildman–Crippen LogP) is 3.45. The van der Waals surface area contributed by atoms with E-state index < -0.39 is 0 Å². The van der Waals surface area contributed by atoms with Crippen molar-refractivity contribution in [3.05, 3.63) is 64.9 Å². The molecule has 4 heteroatoms. The molecule has 0 saturated carbocycles. The fraction of sp³-hybridized carbons (Fsp3) is 0. The van der Waals surface area contributed by atoms with E-state index in [1.54, 1.807) is 30.6 Å². The van der Waals surface area contributed by atoms with Crippen LogP contribution in [0, 0.1) is 0 Å². The molecule has 18 heavy (non-hydrogen) atoms. The minimum absolute atomic E-state index is 0.0362. The third-order valence-electron chi connectivity index (χ3n) is 2.78. The molecule has 0 aliphatic heterocycles. The van der Waals surface area contributed by atoms with Gasteiger partial charge < -0.3 is 4.98 Å². The van der Waals surface area contributed by atoms with Gasteiger partial charge in [0, 0.05) is 28.9 Å². The SMILES string of the molecule is O=C(c1ccccc1)c1c[nH]c2ncc(Cl)cc12. The van der Waals surface area contributed by atoms with E-state index in [0.717, 1.165) is 5.39 Å². The van der Waals surface area contributed by atoms with E-state index in [2.05, 4.69) is 9.97 Å². The molecule has 0 aliphatic rings. The first-order chi connectivity index (χ1) is 8.75. The summed E-state index contributed by atoms with van der Waals surface area (Å²) >= 11 is 5.91. The summed E-state index contributed by atoms with van der Waals surface area (Å²) in [5.41, 5.74) is 1.91. The summed E-state index contributed by atoms with van der Waals surface area (Å²) in [5.74, 6) is -0.0362. The van der Waals surface area contributed by atoms with E-state index in [1.165, 1.54) is 0 Å². The number of ketones is 1. The van der Waals surface area contributed by atoms with Gasteiger partial charge in [0.1, 0.15) is 5.65 Å². The molecule has 1 aromatic carbocycles. The monoisotopic (exact) mass is 256 g/mol. The van der Waals surface area contributed by atoms with Gasteiger partial charge in [0.25, 0.3) is 0 Å². The van der Waals surface area contributed by atoms with Crippen molar-refractivity contribution < 1.29 is 4.79 Å². The second kappa shape index (κ2) is 4.27. The molecule has 1 N–H and O–H groups in total. The normalized spacial score (nSPS) is 10.7. The van der Waals surface area contributed by atoms with Crippen LogP contribution in [0.1, 0.15) is 15.9 Å². The summed E-state index contributed by atoms with van der Waals surface area (Å²) in [5, 5.41) is 1.26. The molecule has 0 amide bonds. The molecule has 0 aliphatic carbocycles. The summed E-state index contributed by atoms with van der Waals surface area (Å²) < 4.78 is 0. The smallest absolute Gasteiger partial charge is 0.195 e. The number of hydrogen-bond donors (Lipinski definition) is 1. The van der Waals surface area contributed by atoms with Crippen molar-refractivity contribution in [3.63, 3.8) is 0 Å². The van der Waals surface area contributed by atoms with Crippen LogP contribution in [-0.4, -0.2) is 15.8 Å². The Morgan fingerprint density at radius 1 is 1.22 bits per heavy atom. The number of H-pyrrole nitrogens is 1. The number of pyridine rings is 1. The minimum Gasteiger partial charge on any atom is -0.345 e. The van der Waals surface area contributed by atoms with Crippen LogP contribution in [0.25, 0.3) is 11.0 Å². The Labute approximate surface area is 108 Å². The molecule has 0 saturated heterocycles. The predicted molar refractivity (Wildman–Crippen MR) is 71.0 cm³/mol. The molecule has 2 aromatic heterocycles. The topological polar surface area (TPSA) is 45.8 Å². The molecule has 0 unspecified atom stereocenters. The average molecular weight is 257 g/mol. The largest absolute Gasteiger partial charge is 0.345 e. The number of fused-ring (bicyclic) bond motifs is 1. The Bertz CT molecular complexity index is 719. The highest BCUT2D eigenvalue weighted by Crippen LogP contribution is 2.22. The van der Waals surface area contributed by atoms with Crippen molar-refractivity contribution in [3.8, 4) is 0 Å². The van der Waals surface area contributed by atoms with E-state index in [1.807, 2.05) is 18.2 Å². The van der Waals surface area contributed by atoms with Gasteiger partial charge in [-0.05, 0) is 6.07 Å². The van der Waals surface area contributed by atoms with E-state index in [9.17, 15) is 4.79 Å². The maximum absolute atomic E-state index is 12.3. The van der Waals surface area contributed by atoms with Gasteiger partial charge in [-0.2, -0.15) is 0 Å². The molecule has 0 bridgehead atoms. The van der Waals surface area contributed by atoms with Gasteiger partial charge in [0.05, 0.1) is 5.02 Å². The molecule has 3 nitrogen and oxygen atoms in total. The lowest BCUT2D eigenvalue weighted by Gasteiger charge is -1.99. The Kier molecular flexibility index (Phi) is 2.61. The van der Waals surface area contributed by atoms with E-state index >= 15 is 0 Å². The molecule has 88 valence electrons. The van der Waals surface area contributed by atoms with Crippen molar-refractivity contribution in [2.45, 2.75) is 0 Å². The van der Waals surface area contributed by atoms with Crippen molar-refractivity contribution in [1.29, 1.82) is 0 Å². The molecular weight excluding hydrogens is 248 g/mol. The summed E-state index contributed by atoms with van der Waals surface area (Å²) in [7, 11) is 0. The lowest BCUT2D eigenvalue weighted by Crippen LogP contribution is -1.99. The molecule has 3 aromatic rings. The number of carbonyl (C=O) groups excluding carboxylic acids is 1. The van der Waals surface area contributed by atoms with Crippen molar-refractivity contribution in [2.75, 3.05) is 0 Å². The van der Waals surface area contributed by atoms with Gasteiger partial charge in [-0.15, -0.1) is 0 Å². The van der Waals surface area contributed by atoms with Crippen LogP contribution in [0.3, 0.4) is 0 Å². The van der Waals surface area contributed by atoms with Gasteiger partial charge in [-0.1, -0.05) is 41.9 Å². The molecule has 0 atom stereocenters. The highest BCUT2D eigenvalue weighted by atomic mass is 35.5. The van der Waals surface area contributed by atoms with Crippen LogP contribution in [0.2, 0.25) is 5.02 Å². The molecular formula is C14H9ClN2O. The van der Waals surface area contributed by atoms with Crippen LogP contribution < -0.4 is 0 Å². The number of nitrogens with zero attached hydrogens (tertiary/aromatic N) is 1. The van der Waals surface area contributed by atoms with Gasteiger partial charge in [0.2, 0.25) is 0 Å². The first kappa shape index (κ1) is 11.0. The van der Waals surface area contributed by atoms with Crippen molar-refractivity contribution in [1.82, 2.24) is 9.97 Å². The van der Waals surface area contributed by atoms with Crippen LogP contribution in [0.4, 0.5) is 0 Å². The van der Waals surface area contributed by atoms with Crippen LogP contribution in [0.5, 0.6) is 0 Å². The van der Waals surface area contributed by atoms with E-state index in [4.69, 9.17) is 11.6 Å². The zero-order chi connectivity index (χ0) is 12.5. The zero-order valence-corrected chi connectivity index (χ0v) is 10.1. The molecule has 3 rings (SSSR count). The first-order valence-corrected chi connectivity index (χ1v) is 5.86. The Morgan fingerprint density at radius 2 is 2.00 bits per heavy atom. The number of hydrogen-bond acceptors (Lipinski definition) is 2. The van der Waals surface area contributed by atoms with Crippen LogP contribution in [0.15, 0.2) is 48.8 Å². The fourth-order valence-corrected chi connectivity index (χ4v) is 2.07.